The van der Waals surface area contributed by atoms with Gasteiger partial charge in [0.1, 0.15) is 6.04 Å². The minimum atomic E-state index is -0.589. The number of H-pyrrole nitrogens is 1. The smallest absolute Gasteiger partial charge is 0.337 e. The summed E-state index contributed by atoms with van der Waals surface area (Å²) in [7, 11) is 1.35. The zero-order valence-electron chi connectivity index (χ0n) is 20.5. The lowest BCUT2D eigenvalue weighted by Crippen LogP contribution is -2.63. The number of fused-ring (bicyclic) bond motifs is 4. The van der Waals surface area contributed by atoms with Crippen molar-refractivity contribution in [2.24, 2.45) is 0 Å². The lowest BCUT2D eigenvalue weighted by atomic mass is 9.86. The van der Waals surface area contributed by atoms with Gasteiger partial charge < -0.3 is 19.5 Å². The fourth-order valence-corrected chi connectivity index (χ4v) is 5.69. The second kappa shape index (κ2) is 9.24. The van der Waals surface area contributed by atoms with Gasteiger partial charge in [-0.25, -0.2) is 4.79 Å². The molecule has 0 bridgehead atoms. The Hall–Kier alpha value is -4.39. The van der Waals surface area contributed by atoms with Crippen molar-refractivity contribution >= 4 is 28.7 Å². The van der Waals surface area contributed by atoms with Crippen molar-refractivity contribution in [3.63, 3.8) is 0 Å². The van der Waals surface area contributed by atoms with Crippen LogP contribution in [0, 0.1) is 0 Å². The number of methoxy groups -OCH3 is 1. The highest BCUT2D eigenvalue weighted by Crippen LogP contribution is 2.42. The maximum Gasteiger partial charge on any atom is 0.337 e. The minimum absolute atomic E-state index is 0.0253. The summed E-state index contributed by atoms with van der Waals surface area (Å²) in [6.45, 7) is 0.548. The van der Waals surface area contributed by atoms with Crippen LogP contribution in [-0.4, -0.2) is 58.8 Å². The lowest BCUT2D eigenvalue weighted by Gasteiger charge is -2.47. The number of nitrogens with one attached hydrogen (secondary N) is 1. The predicted molar refractivity (Wildman–Crippen MR) is 139 cm³/mol. The molecule has 0 saturated carbocycles. The first-order valence-corrected chi connectivity index (χ1v) is 12.5. The highest BCUT2D eigenvalue weighted by molar-refractivity contribution is 5.97. The average molecular weight is 494 g/mol. The molecule has 0 aliphatic carbocycles. The highest BCUT2D eigenvalue weighted by Gasteiger charge is 2.48. The molecule has 3 heterocycles. The minimum Gasteiger partial charge on any atom is -0.465 e. The monoisotopic (exact) mass is 493 g/mol. The van der Waals surface area contributed by atoms with Crippen LogP contribution in [0.15, 0.2) is 78.9 Å². The fourth-order valence-electron chi connectivity index (χ4n) is 5.69. The molecule has 1 saturated heterocycles. The van der Waals surface area contributed by atoms with Gasteiger partial charge in [-0.3, -0.25) is 9.59 Å². The van der Waals surface area contributed by atoms with E-state index in [1.165, 1.54) is 7.11 Å². The van der Waals surface area contributed by atoms with E-state index in [0.717, 1.165) is 33.3 Å². The number of rotatable bonds is 5. The maximum atomic E-state index is 13.8. The van der Waals surface area contributed by atoms with E-state index in [4.69, 9.17) is 4.74 Å². The van der Waals surface area contributed by atoms with Gasteiger partial charge in [-0.2, -0.15) is 0 Å². The Bertz CT molecular complexity index is 1490. The first-order chi connectivity index (χ1) is 18.0. The molecule has 186 valence electrons. The Balaban J connectivity index is 1.39. The zero-order chi connectivity index (χ0) is 25.5. The second-order valence-electron chi connectivity index (χ2n) is 9.60. The molecule has 7 heteroatoms. The van der Waals surface area contributed by atoms with Gasteiger partial charge in [0, 0.05) is 29.6 Å². The van der Waals surface area contributed by atoms with E-state index in [9.17, 15) is 14.4 Å². The summed E-state index contributed by atoms with van der Waals surface area (Å²) in [5, 5.41) is 1.06. The summed E-state index contributed by atoms with van der Waals surface area (Å²) in [6, 6.07) is 24.1. The molecule has 1 aromatic heterocycles. The lowest BCUT2D eigenvalue weighted by molar-refractivity contribution is -0.158. The van der Waals surface area contributed by atoms with E-state index in [1.807, 2.05) is 60.7 Å². The van der Waals surface area contributed by atoms with Gasteiger partial charge in [0.2, 0.25) is 11.8 Å². The van der Waals surface area contributed by atoms with Gasteiger partial charge in [0.15, 0.2) is 0 Å². The van der Waals surface area contributed by atoms with Gasteiger partial charge in [-0.05, 0) is 41.3 Å². The van der Waals surface area contributed by atoms with E-state index in [1.54, 1.807) is 21.9 Å². The van der Waals surface area contributed by atoms with Crippen LogP contribution in [0.1, 0.15) is 38.8 Å². The zero-order valence-corrected chi connectivity index (χ0v) is 20.5. The predicted octanol–water partition coefficient (Wildman–Crippen LogP) is 3.88. The quantitative estimate of drug-likeness (QED) is 0.428. The fraction of sp³-hybridized carbons (Fsp3) is 0.233. The van der Waals surface area contributed by atoms with Crippen molar-refractivity contribution in [2.45, 2.75) is 24.9 Å². The number of hydrogen-bond acceptors (Lipinski definition) is 4. The van der Waals surface area contributed by atoms with Gasteiger partial charge >= 0.3 is 5.97 Å². The van der Waals surface area contributed by atoms with Crippen LogP contribution in [0.2, 0.25) is 0 Å². The van der Waals surface area contributed by atoms with Crippen molar-refractivity contribution in [1.82, 2.24) is 14.8 Å². The van der Waals surface area contributed by atoms with Crippen molar-refractivity contribution in [2.75, 3.05) is 20.2 Å². The third-order valence-electron chi connectivity index (χ3n) is 7.50. The Morgan fingerprint density at radius 3 is 2.46 bits per heavy atom. The van der Waals surface area contributed by atoms with E-state index in [2.05, 4.69) is 11.1 Å². The van der Waals surface area contributed by atoms with Crippen LogP contribution in [0.25, 0.3) is 10.9 Å². The third kappa shape index (κ3) is 3.96. The molecule has 37 heavy (non-hydrogen) atoms. The molecule has 2 aliphatic heterocycles. The number of hydrogen-bond donors (Lipinski definition) is 1. The summed E-state index contributed by atoms with van der Waals surface area (Å²) in [4.78, 5) is 46.5. The number of amides is 2. The topological polar surface area (TPSA) is 82.7 Å². The largest absolute Gasteiger partial charge is 0.465 e. The number of carbonyl (C=O) groups is 3. The molecule has 1 N–H and O–H groups in total. The summed E-state index contributed by atoms with van der Waals surface area (Å²) in [5.74, 6) is -0.524. The molecule has 0 radical (unpaired) electrons. The van der Waals surface area contributed by atoms with E-state index < -0.39 is 18.1 Å². The molecule has 3 aromatic carbocycles. The van der Waals surface area contributed by atoms with Crippen molar-refractivity contribution < 1.29 is 19.1 Å². The Labute approximate surface area is 214 Å². The standard InChI is InChI=1S/C30H27N3O4/c1-37-30(36)21-13-11-20(12-14-21)28-27-23(22-9-5-6-10-24(22)31-27)17-25-29(35)32(18-26(34)33(25)28)16-15-19-7-3-2-4-8-19/h2-14,25,28,31H,15-18H2,1H3. The van der Waals surface area contributed by atoms with Gasteiger partial charge in [-0.1, -0.05) is 60.7 Å². The third-order valence-corrected chi connectivity index (χ3v) is 7.50. The second-order valence-corrected chi connectivity index (χ2v) is 9.60. The molecule has 2 amide bonds. The van der Waals surface area contributed by atoms with Crippen LogP contribution in [0.5, 0.6) is 0 Å². The van der Waals surface area contributed by atoms with Crippen molar-refractivity contribution in [1.29, 1.82) is 0 Å². The SMILES string of the molecule is COC(=O)c1ccc(C2c3[nH]c4ccccc4c3CC3C(=O)N(CCc4ccccc4)CC(=O)N32)cc1. The van der Waals surface area contributed by atoms with E-state index in [0.29, 0.717) is 24.9 Å². The Kier molecular flexibility index (Phi) is 5.75. The normalized spacial score (nSPS) is 19.1. The number of benzene rings is 3. The summed E-state index contributed by atoms with van der Waals surface area (Å²) in [6.07, 6.45) is 1.16. The Morgan fingerprint density at radius 1 is 0.973 bits per heavy atom. The molecule has 6 rings (SSSR count). The number of esters is 1. The first-order valence-electron chi connectivity index (χ1n) is 12.5. The number of ether oxygens (including phenoxy) is 1. The van der Waals surface area contributed by atoms with Crippen LogP contribution < -0.4 is 0 Å². The molecule has 1 fully saturated rings. The van der Waals surface area contributed by atoms with Gasteiger partial charge in [0.25, 0.3) is 0 Å². The number of aromatic nitrogens is 1. The molecule has 2 unspecified atom stereocenters. The maximum absolute atomic E-state index is 13.8. The van der Waals surface area contributed by atoms with Gasteiger partial charge in [0.05, 0.1) is 25.3 Å². The molecule has 0 spiro atoms. The van der Waals surface area contributed by atoms with Crippen LogP contribution in [0.4, 0.5) is 0 Å². The number of para-hydroxylation sites is 1. The molecular formula is C30H27N3O4. The van der Waals surface area contributed by atoms with E-state index >= 15 is 0 Å². The average Bonchev–Trinajstić information content (AvgIpc) is 3.31. The molecule has 4 aromatic rings. The van der Waals surface area contributed by atoms with E-state index in [-0.39, 0.29) is 18.4 Å². The van der Waals surface area contributed by atoms with Crippen LogP contribution >= 0.6 is 0 Å². The molecule has 2 atom stereocenters. The van der Waals surface area contributed by atoms with Crippen LogP contribution in [-0.2, 0) is 27.2 Å². The van der Waals surface area contributed by atoms with Gasteiger partial charge in [-0.15, -0.1) is 0 Å². The summed E-state index contributed by atoms with van der Waals surface area (Å²) in [5.41, 5.74) is 5.36. The highest BCUT2D eigenvalue weighted by atomic mass is 16.5. The van der Waals surface area contributed by atoms with Crippen LogP contribution in [0.3, 0.4) is 0 Å². The summed E-state index contributed by atoms with van der Waals surface area (Å²) < 4.78 is 4.84. The number of nitrogens with zero attached hydrogens (tertiary/aromatic N) is 2. The molecular weight excluding hydrogens is 466 g/mol. The van der Waals surface area contributed by atoms with Crippen molar-refractivity contribution in [3.8, 4) is 0 Å². The molecule has 7 nitrogen and oxygen atoms in total. The molecule has 2 aliphatic rings. The van der Waals surface area contributed by atoms with Crippen molar-refractivity contribution in [3.05, 3.63) is 107 Å². The number of piperazine rings is 1. The summed E-state index contributed by atoms with van der Waals surface area (Å²) >= 11 is 0. The number of aromatic amines is 1. The number of carbonyl (C=O) groups excluding carboxylic acids is 3. The Morgan fingerprint density at radius 2 is 1.70 bits per heavy atom. The first kappa shape index (κ1) is 23.0.